The minimum Gasteiger partial charge on any atom is -0.352 e. The summed E-state index contributed by atoms with van der Waals surface area (Å²) >= 11 is 0. The summed E-state index contributed by atoms with van der Waals surface area (Å²) < 4.78 is 0. The van der Waals surface area contributed by atoms with E-state index in [1.807, 2.05) is 27.7 Å². The van der Waals surface area contributed by atoms with Crippen molar-refractivity contribution < 1.29 is 9.59 Å². The van der Waals surface area contributed by atoms with Crippen molar-refractivity contribution in [1.29, 1.82) is 0 Å². The Morgan fingerprint density at radius 2 is 2.05 bits per heavy atom. The molecule has 116 valence electrons. The Morgan fingerprint density at radius 1 is 1.40 bits per heavy atom. The van der Waals surface area contributed by atoms with Gasteiger partial charge in [0.1, 0.15) is 0 Å². The van der Waals surface area contributed by atoms with E-state index in [0.717, 1.165) is 25.8 Å². The molecule has 1 aliphatic rings. The second-order valence-corrected chi connectivity index (χ2v) is 6.78. The number of nitrogens with zero attached hydrogens (tertiary/aromatic N) is 1. The molecule has 1 aliphatic heterocycles. The van der Waals surface area contributed by atoms with E-state index in [4.69, 9.17) is 5.73 Å². The van der Waals surface area contributed by atoms with E-state index in [1.54, 1.807) is 4.90 Å². The van der Waals surface area contributed by atoms with Gasteiger partial charge in [0.05, 0.1) is 6.04 Å². The Labute approximate surface area is 122 Å². The van der Waals surface area contributed by atoms with Gasteiger partial charge in [-0.15, -0.1) is 0 Å². The van der Waals surface area contributed by atoms with E-state index in [0.29, 0.717) is 13.0 Å². The van der Waals surface area contributed by atoms with E-state index in [9.17, 15) is 9.59 Å². The minimum atomic E-state index is -0.493. The fourth-order valence-electron chi connectivity index (χ4n) is 2.39. The molecule has 0 aromatic heterocycles. The van der Waals surface area contributed by atoms with Crippen LogP contribution in [0.25, 0.3) is 0 Å². The van der Waals surface area contributed by atoms with Gasteiger partial charge in [0, 0.05) is 25.6 Å². The third-order valence-corrected chi connectivity index (χ3v) is 3.77. The zero-order chi connectivity index (χ0) is 15.3. The van der Waals surface area contributed by atoms with Crippen molar-refractivity contribution in [2.75, 3.05) is 13.1 Å². The largest absolute Gasteiger partial charge is 0.352 e. The third-order valence-electron chi connectivity index (χ3n) is 3.77. The van der Waals surface area contributed by atoms with Crippen molar-refractivity contribution in [2.24, 2.45) is 11.1 Å². The average molecular weight is 283 g/mol. The Bertz CT molecular complexity index is 350. The highest BCUT2D eigenvalue weighted by atomic mass is 16.2. The van der Waals surface area contributed by atoms with Crippen LogP contribution >= 0.6 is 0 Å². The lowest BCUT2D eigenvalue weighted by atomic mass is 9.86. The lowest BCUT2D eigenvalue weighted by Gasteiger charge is -2.37. The smallest absolute Gasteiger partial charge is 0.240 e. The fraction of sp³-hybridized carbons (Fsp3) is 0.867. The van der Waals surface area contributed by atoms with E-state index in [2.05, 4.69) is 5.32 Å². The van der Waals surface area contributed by atoms with Crippen LogP contribution in [-0.2, 0) is 9.59 Å². The lowest BCUT2D eigenvalue weighted by molar-refractivity contribution is -0.137. The van der Waals surface area contributed by atoms with Gasteiger partial charge in [-0.25, -0.2) is 0 Å². The van der Waals surface area contributed by atoms with Crippen molar-refractivity contribution in [3.05, 3.63) is 0 Å². The first-order chi connectivity index (χ1) is 9.25. The third kappa shape index (κ3) is 4.78. The average Bonchev–Trinajstić information content (AvgIpc) is 2.36. The van der Waals surface area contributed by atoms with Crippen LogP contribution in [0.3, 0.4) is 0 Å². The number of carbonyl (C=O) groups excluding carboxylic acids is 2. The fourth-order valence-corrected chi connectivity index (χ4v) is 2.39. The van der Waals surface area contributed by atoms with Crippen LogP contribution in [0.4, 0.5) is 0 Å². The van der Waals surface area contributed by atoms with Crippen LogP contribution < -0.4 is 11.1 Å². The number of carbonyl (C=O) groups is 2. The number of piperidine rings is 1. The molecule has 1 rings (SSSR count). The first-order valence-electron chi connectivity index (χ1n) is 7.59. The number of nitrogens with two attached hydrogens (primary N) is 1. The van der Waals surface area contributed by atoms with Crippen LogP contribution in [-0.4, -0.2) is 41.9 Å². The molecule has 0 bridgehead atoms. The van der Waals surface area contributed by atoms with Gasteiger partial charge in [-0.2, -0.15) is 0 Å². The highest BCUT2D eigenvalue weighted by molar-refractivity contribution is 5.82. The zero-order valence-electron chi connectivity index (χ0n) is 13.2. The van der Waals surface area contributed by atoms with E-state index < -0.39 is 6.04 Å². The summed E-state index contributed by atoms with van der Waals surface area (Å²) in [4.78, 5) is 25.8. The van der Waals surface area contributed by atoms with Crippen LogP contribution in [0, 0.1) is 5.41 Å². The molecule has 1 heterocycles. The minimum absolute atomic E-state index is 0.00746. The molecule has 0 aromatic rings. The second-order valence-electron chi connectivity index (χ2n) is 6.78. The molecule has 3 N–H and O–H groups in total. The maximum atomic E-state index is 12.4. The maximum absolute atomic E-state index is 12.4. The summed E-state index contributed by atoms with van der Waals surface area (Å²) in [5, 5.41) is 3.01. The Kier molecular flexibility index (Phi) is 5.99. The van der Waals surface area contributed by atoms with Gasteiger partial charge >= 0.3 is 0 Å². The van der Waals surface area contributed by atoms with E-state index in [1.165, 1.54) is 0 Å². The summed E-state index contributed by atoms with van der Waals surface area (Å²) in [7, 11) is 0. The van der Waals surface area contributed by atoms with Crippen molar-refractivity contribution in [2.45, 2.75) is 65.5 Å². The number of likely N-dealkylation sites (tertiary alicyclic amines) is 1. The molecule has 1 fully saturated rings. The number of rotatable bonds is 4. The quantitative estimate of drug-likeness (QED) is 0.816. The van der Waals surface area contributed by atoms with Gasteiger partial charge in [0.2, 0.25) is 11.8 Å². The summed E-state index contributed by atoms with van der Waals surface area (Å²) in [5.41, 5.74) is 5.80. The predicted octanol–water partition coefficient (Wildman–Crippen LogP) is 1.27. The zero-order valence-corrected chi connectivity index (χ0v) is 13.2. The molecular formula is C15H29N3O2. The Morgan fingerprint density at radius 3 is 2.60 bits per heavy atom. The van der Waals surface area contributed by atoms with E-state index in [-0.39, 0.29) is 23.3 Å². The number of hydrogen-bond donors (Lipinski definition) is 2. The molecule has 1 saturated heterocycles. The maximum Gasteiger partial charge on any atom is 0.240 e. The number of hydrogen-bond acceptors (Lipinski definition) is 3. The van der Waals surface area contributed by atoms with Crippen molar-refractivity contribution >= 4 is 11.8 Å². The molecule has 20 heavy (non-hydrogen) atoms. The summed E-state index contributed by atoms with van der Waals surface area (Å²) in [6, 6.07) is -0.425. The molecule has 0 saturated carbocycles. The topological polar surface area (TPSA) is 75.4 Å². The van der Waals surface area contributed by atoms with Crippen LogP contribution in [0.1, 0.15) is 53.4 Å². The van der Waals surface area contributed by atoms with Gasteiger partial charge < -0.3 is 16.0 Å². The standard InChI is InChI=1S/C15H29N3O2/c1-5-7-12(19)17-11-8-6-9-18(10-11)14(20)13(16)15(2,3)4/h11,13H,5-10,16H2,1-4H3,(H,17,19)/t11?,13-/m1/s1. The van der Waals surface area contributed by atoms with E-state index >= 15 is 0 Å². The summed E-state index contributed by atoms with van der Waals surface area (Å²) in [6.07, 6.45) is 3.24. The van der Waals surface area contributed by atoms with Crippen LogP contribution in [0.2, 0.25) is 0 Å². The number of amides is 2. The first kappa shape index (κ1) is 17.0. The van der Waals surface area contributed by atoms with Crippen LogP contribution in [0.5, 0.6) is 0 Å². The molecule has 5 heteroatoms. The highest BCUT2D eigenvalue weighted by Gasteiger charge is 2.33. The van der Waals surface area contributed by atoms with Gasteiger partial charge in [-0.05, 0) is 24.7 Å². The van der Waals surface area contributed by atoms with Crippen molar-refractivity contribution in [3.63, 3.8) is 0 Å². The molecule has 0 radical (unpaired) electrons. The molecule has 2 atom stereocenters. The SMILES string of the molecule is CCCC(=O)NC1CCCN(C(=O)[C@@H](N)C(C)(C)C)C1. The molecule has 2 amide bonds. The molecule has 1 unspecified atom stereocenters. The molecule has 5 nitrogen and oxygen atoms in total. The Balaban J connectivity index is 2.56. The second kappa shape index (κ2) is 7.07. The van der Waals surface area contributed by atoms with Gasteiger partial charge in [0.15, 0.2) is 0 Å². The normalized spacial score (nSPS) is 21.4. The summed E-state index contributed by atoms with van der Waals surface area (Å²) in [6.45, 7) is 9.22. The molecular weight excluding hydrogens is 254 g/mol. The first-order valence-corrected chi connectivity index (χ1v) is 7.59. The highest BCUT2D eigenvalue weighted by Crippen LogP contribution is 2.21. The van der Waals surface area contributed by atoms with Crippen molar-refractivity contribution in [1.82, 2.24) is 10.2 Å². The van der Waals surface area contributed by atoms with Gasteiger partial charge in [0.25, 0.3) is 0 Å². The molecule has 0 spiro atoms. The van der Waals surface area contributed by atoms with Gasteiger partial charge in [-0.1, -0.05) is 27.7 Å². The van der Waals surface area contributed by atoms with Crippen molar-refractivity contribution in [3.8, 4) is 0 Å². The summed E-state index contributed by atoms with van der Waals surface area (Å²) in [5.74, 6) is 0.0684. The van der Waals surface area contributed by atoms with Gasteiger partial charge in [-0.3, -0.25) is 9.59 Å². The monoisotopic (exact) mass is 283 g/mol. The Hall–Kier alpha value is -1.10. The molecule has 0 aromatic carbocycles. The lowest BCUT2D eigenvalue weighted by Crippen LogP contribution is -2.56. The van der Waals surface area contributed by atoms with Crippen LogP contribution in [0.15, 0.2) is 0 Å². The molecule has 0 aliphatic carbocycles. The predicted molar refractivity (Wildman–Crippen MR) is 80.1 cm³/mol. The number of nitrogens with one attached hydrogen (secondary N) is 1.